The van der Waals surface area contributed by atoms with Crippen LogP contribution in [-0.4, -0.2) is 50.3 Å². The number of esters is 1. The monoisotopic (exact) mass is 228 g/mol. The second-order valence-corrected chi connectivity index (χ2v) is 3.46. The third-order valence-electron chi connectivity index (χ3n) is 2.05. The van der Waals surface area contributed by atoms with Crippen molar-refractivity contribution in [1.29, 1.82) is 0 Å². The van der Waals surface area contributed by atoms with Gasteiger partial charge in [-0.3, -0.25) is 4.79 Å². The first kappa shape index (κ1) is 17.1. The number of rotatable bonds is 8. The first-order valence-electron chi connectivity index (χ1n) is 5.40. The van der Waals surface area contributed by atoms with Crippen LogP contribution in [0.25, 0.3) is 0 Å². The van der Waals surface area contributed by atoms with E-state index in [2.05, 4.69) is 6.92 Å². The van der Waals surface area contributed by atoms with Crippen molar-refractivity contribution in [2.24, 2.45) is 0 Å². The van der Waals surface area contributed by atoms with Crippen molar-refractivity contribution in [3.8, 4) is 0 Å². The van der Waals surface area contributed by atoms with E-state index in [0.717, 1.165) is 6.42 Å². The Morgan fingerprint density at radius 1 is 1.07 bits per heavy atom. The van der Waals surface area contributed by atoms with Gasteiger partial charge in [0.15, 0.2) is 0 Å². The molecule has 0 aromatic rings. The van der Waals surface area contributed by atoms with E-state index in [9.17, 15) is 4.79 Å². The normalized spacial score (nSPS) is 9.29. The molecule has 0 N–H and O–H groups in total. The third-order valence-corrected chi connectivity index (χ3v) is 2.05. The summed E-state index contributed by atoms with van der Waals surface area (Å²) in [6.07, 6.45) is 8.82. The van der Waals surface area contributed by atoms with Gasteiger partial charge in [-0.2, -0.15) is 0 Å². The molecule has 0 rings (SSSR count). The Hall–Kier alpha value is 0.730. The minimum atomic E-state index is -0.161. The van der Waals surface area contributed by atoms with Crippen LogP contribution in [0.5, 0.6) is 0 Å². The van der Waals surface area contributed by atoms with Crippen LogP contribution in [0.1, 0.15) is 61.6 Å². The summed E-state index contributed by atoms with van der Waals surface area (Å²) in [7, 11) is 0. The summed E-state index contributed by atoms with van der Waals surface area (Å²) < 4.78 is 4.83. The number of unbranched alkanes of at least 4 members (excludes halogenated alkanes) is 6. The van der Waals surface area contributed by atoms with Crippen LogP contribution in [0.4, 0.5) is 0 Å². The largest absolute Gasteiger partial charge is 2.00 e. The zero-order valence-electron chi connectivity index (χ0n) is 11.7. The fourth-order valence-electron chi connectivity index (χ4n) is 1.28. The molecule has 0 aliphatic carbocycles. The molecule has 0 fully saturated rings. The van der Waals surface area contributed by atoms with Gasteiger partial charge in [0.2, 0.25) is 0 Å². The summed E-state index contributed by atoms with van der Waals surface area (Å²) in [5, 5.41) is 0. The quantitative estimate of drug-likeness (QED) is 0.362. The van der Waals surface area contributed by atoms with E-state index in [-0.39, 0.29) is 46.6 Å². The Morgan fingerprint density at radius 2 is 1.57 bits per heavy atom. The van der Waals surface area contributed by atoms with Crippen LogP contribution in [0.15, 0.2) is 0 Å². The molecule has 0 unspecified atom stereocenters. The van der Waals surface area contributed by atoms with Gasteiger partial charge in [0.25, 0.3) is 0 Å². The van der Waals surface area contributed by atoms with Crippen molar-refractivity contribution in [3.05, 3.63) is 0 Å². The molecule has 14 heavy (non-hydrogen) atoms. The smallest absolute Gasteiger partial charge is 1.00 e. The minimum Gasteiger partial charge on any atom is -1.00 e. The molecule has 0 aromatic heterocycles. The van der Waals surface area contributed by atoms with Gasteiger partial charge >= 0.3 is 43.7 Å². The Morgan fingerprint density at radius 3 is 2.07 bits per heavy atom. The topological polar surface area (TPSA) is 26.3 Å². The molecule has 0 radical (unpaired) electrons. The molecule has 0 atom stereocenters. The minimum absolute atomic E-state index is 0. The molecule has 0 saturated heterocycles. The molecule has 0 saturated carbocycles. The average Bonchev–Trinajstić information content (AvgIpc) is 2.09. The van der Waals surface area contributed by atoms with E-state index >= 15 is 0 Å². The maximum Gasteiger partial charge on any atom is 2.00 e. The maximum absolute atomic E-state index is 10.4. The van der Waals surface area contributed by atoms with Gasteiger partial charge in [-0.1, -0.05) is 45.4 Å². The molecule has 0 heterocycles. The van der Waals surface area contributed by atoms with E-state index in [1.165, 1.54) is 45.4 Å². The number of hydrogen-bond acceptors (Lipinski definition) is 2. The Balaban J connectivity index is -0.000000240. The maximum atomic E-state index is 10.4. The van der Waals surface area contributed by atoms with Crippen molar-refractivity contribution >= 4 is 43.7 Å². The van der Waals surface area contributed by atoms with Gasteiger partial charge < -0.3 is 7.59 Å². The van der Waals surface area contributed by atoms with Crippen LogP contribution in [-0.2, 0) is 9.53 Å². The van der Waals surface area contributed by atoms with Crippen LogP contribution < -0.4 is 0 Å². The Bertz CT molecular complexity index is 135. The van der Waals surface area contributed by atoms with E-state index in [0.29, 0.717) is 6.61 Å². The second-order valence-electron chi connectivity index (χ2n) is 3.46. The predicted octanol–water partition coefficient (Wildman–Crippen LogP) is 3.14. The molecule has 82 valence electrons. The summed E-state index contributed by atoms with van der Waals surface area (Å²) in [5.41, 5.74) is 0. The number of carbonyl (C=O) groups excluding carboxylic acids is 1. The molecule has 0 aliphatic rings. The zero-order chi connectivity index (χ0) is 9.94. The zero-order valence-corrected chi connectivity index (χ0v) is 11.9. The van der Waals surface area contributed by atoms with Crippen molar-refractivity contribution in [3.63, 3.8) is 0 Å². The van der Waals surface area contributed by atoms with E-state index in [1.54, 1.807) is 0 Å². The predicted molar refractivity (Wildman–Crippen MR) is 62.6 cm³/mol. The van der Waals surface area contributed by atoms with Crippen LogP contribution in [0, 0.1) is 0 Å². The van der Waals surface area contributed by atoms with E-state index < -0.39 is 0 Å². The van der Waals surface area contributed by atoms with Gasteiger partial charge in [-0.25, -0.2) is 0 Å². The van der Waals surface area contributed by atoms with Crippen molar-refractivity contribution in [2.45, 2.75) is 58.8 Å². The number of carbonyl (C=O) groups is 1. The van der Waals surface area contributed by atoms with Gasteiger partial charge in [0.05, 0.1) is 6.61 Å². The molecule has 0 aliphatic heterocycles. The third kappa shape index (κ3) is 15.2. The number of ether oxygens (including phenoxy) is 1. The van der Waals surface area contributed by atoms with E-state index in [1.807, 2.05) is 0 Å². The second kappa shape index (κ2) is 13.7. The average molecular weight is 228 g/mol. The van der Waals surface area contributed by atoms with Crippen molar-refractivity contribution in [1.82, 2.24) is 0 Å². The van der Waals surface area contributed by atoms with E-state index in [4.69, 9.17) is 4.74 Å². The fraction of sp³-hybridized carbons (Fsp3) is 0.909. The summed E-state index contributed by atoms with van der Waals surface area (Å²) in [6, 6.07) is 0. The summed E-state index contributed by atoms with van der Waals surface area (Å²) in [4.78, 5) is 10.4. The van der Waals surface area contributed by atoms with Crippen LogP contribution in [0.2, 0.25) is 0 Å². The molecule has 2 nitrogen and oxygen atoms in total. The number of hydrogen-bond donors (Lipinski definition) is 0. The summed E-state index contributed by atoms with van der Waals surface area (Å²) >= 11 is 0. The standard InChI is InChI=1S/C11H22O2.Ca.2H/c1-3-4-5-6-7-8-9-10-13-11(2)12;;;/h3-10H2,1-2H3;;;/q;+2;2*-1. The van der Waals surface area contributed by atoms with Crippen molar-refractivity contribution in [2.75, 3.05) is 6.61 Å². The van der Waals surface area contributed by atoms with Gasteiger partial charge in [0, 0.05) is 6.92 Å². The van der Waals surface area contributed by atoms with Gasteiger partial charge in [-0.15, -0.1) is 0 Å². The fourth-order valence-corrected chi connectivity index (χ4v) is 1.28. The first-order chi connectivity index (χ1) is 6.27. The molecular formula is C11H24CaO2. The molecule has 3 heteroatoms. The molecule has 0 amide bonds. The molecule has 0 aromatic carbocycles. The summed E-state index contributed by atoms with van der Waals surface area (Å²) in [5.74, 6) is -0.161. The first-order valence-corrected chi connectivity index (χ1v) is 5.40. The van der Waals surface area contributed by atoms with Gasteiger partial charge in [0.1, 0.15) is 0 Å². The summed E-state index contributed by atoms with van der Waals surface area (Å²) in [6.45, 7) is 4.28. The Labute approximate surface area is 121 Å². The SMILES string of the molecule is CCCCCCCCCOC(C)=O.[Ca+2].[H-].[H-]. The Kier molecular flexibility index (Phi) is 16.8. The van der Waals surface area contributed by atoms with Crippen LogP contribution in [0.3, 0.4) is 0 Å². The molecule has 0 spiro atoms. The molecular weight excluding hydrogens is 204 g/mol. The van der Waals surface area contributed by atoms with Crippen molar-refractivity contribution < 1.29 is 12.4 Å². The molecule has 0 bridgehead atoms. The van der Waals surface area contributed by atoms with Gasteiger partial charge in [-0.05, 0) is 6.42 Å². The van der Waals surface area contributed by atoms with Crippen LogP contribution >= 0.6 is 0 Å².